The highest BCUT2D eigenvalue weighted by molar-refractivity contribution is 5.90. The number of ether oxygens (including phenoxy) is 1. The maximum absolute atomic E-state index is 13.2. The molecule has 0 saturated heterocycles. The van der Waals surface area contributed by atoms with Gasteiger partial charge < -0.3 is 4.74 Å². The summed E-state index contributed by atoms with van der Waals surface area (Å²) in [6, 6.07) is 5.86. The zero-order valence-corrected chi connectivity index (χ0v) is 9.61. The molecule has 94 valence electrons. The van der Waals surface area contributed by atoms with Gasteiger partial charge in [0.1, 0.15) is 5.82 Å². The van der Waals surface area contributed by atoms with E-state index in [0.29, 0.717) is 5.82 Å². The minimum Gasteiger partial charge on any atom is -0.481 e. The third-order valence-corrected chi connectivity index (χ3v) is 2.04. The van der Waals surface area contributed by atoms with Crippen molar-refractivity contribution in [2.75, 3.05) is 11.9 Å². The summed E-state index contributed by atoms with van der Waals surface area (Å²) in [6.07, 6.45) is 0. The van der Waals surface area contributed by atoms with Crippen LogP contribution in [0.25, 0.3) is 0 Å². The number of nitrogens with zero attached hydrogens (tertiary/aromatic N) is 2. The Morgan fingerprint density at radius 3 is 2.94 bits per heavy atom. The van der Waals surface area contributed by atoms with Crippen LogP contribution in [-0.2, 0) is 4.79 Å². The first-order valence-corrected chi connectivity index (χ1v) is 5.21. The Bertz CT molecular complexity index is 555. The number of H-pyrrole nitrogens is 1. The lowest BCUT2D eigenvalue weighted by molar-refractivity contribution is -0.118. The van der Waals surface area contributed by atoms with E-state index in [1.54, 1.807) is 19.1 Å². The van der Waals surface area contributed by atoms with Crippen LogP contribution in [0.1, 0.15) is 5.82 Å². The quantitative estimate of drug-likeness (QED) is 0.856. The predicted molar refractivity (Wildman–Crippen MR) is 61.6 cm³/mol. The summed E-state index contributed by atoms with van der Waals surface area (Å²) >= 11 is 0. The maximum Gasteiger partial charge on any atom is 0.264 e. The van der Waals surface area contributed by atoms with Crippen LogP contribution in [0.5, 0.6) is 5.75 Å². The summed E-state index contributed by atoms with van der Waals surface area (Å²) in [5.74, 6) is -0.204. The molecule has 0 radical (unpaired) electrons. The smallest absolute Gasteiger partial charge is 0.264 e. The Morgan fingerprint density at radius 1 is 1.50 bits per heavy atom. The number of carbonyl (C=O) groups excluding carboxylic acids is 1. The SMILES string of the molecule is Cc1nc(NC(=O)COc2ccccc2F)n[nH]1. The molecule has 0 unspecified atom stereocenters. The highest BCUT2D eigenvalue weighted by atomic mass is 19.1. The first kappa shape index (κ1) is 12.0. The van der Waals surface area contributed by atoms with Crippen molar-refractivity contribution in [2.45, 2.75) is 6.92 Å². The number of nitrogens with one attached hydrogen (secondary N) is 2. The van der Waals surface area contributed by atoms with Crippen LogP contribution < -0.4 is 10.1 Å². The number of anilines is 1. The third kappa shape index (κ3) is 3.03. The van der Waals surface area contributed by atoms with Gasteiger partial charge in [-0.15, -0.1) is 5.10 Å². The average Bonchev–Trinajstić information content (AvgIpc) is 2.74. The van der Waals surface area contributed by atoms with Gasteiger partial charge in [-0.2, -0.15) is 4.98 Å². The number of para-hydroxylation sites is 1. The second kappa shape index (κ2) is 5.26. The molecule has 6 nitrogen and oxygen atoms in total. The highest BCUT2D eigenvalue weighted by Crippen LogP contribution is 2.15. The van der Waals surface area contributed by atoms with Gasteiger partial charge in [-0.25, -0.2) is 4.39 Å². The van der Waals surface area contributed by atoms with Gasteiger partial charge in [0, 0.05) is 0 Å². The molecule has 7 heteroatoms. The van der Waals surface area contributed by atoms with E-state index in [2.05, 4.69) is 20.5 Å². The zero-order valence-electron chi connectivity index (χ0n) is 9.61. The molecule has 0 aliphatic heterocycles. The minimum atomic E-state index is -0.515. The van der Waals surface area contributed by atoms with Crippen molar-refractivity contribution in [3.05, 3.63) is 35.9 Å². The van der Waals surface area contributed by atoms with Gasteiger partial charge in [0.15, 0.2) is 18.2 Å². The van der Waals surface area contributed by atoms with Crippen molar-refractivity contribution >= 4 is 11.9 Å². The van der Waals surface area contributed by atoms with Gasteiger partial charge in [0.25, 0.3) is 5.91 Å². The molecule has 1 amide bonds. The van der Waals surface area contributed by atoms with Gasteiger partial charge in [0.2, 0.25) is 5.95 Å². The number of benzene rings is 1. The number of rotatable bonds is 4. The molecule has 1 heterocycles. The average molecular weight is 250 g/mol. The third-order valence-electron chi connectivity index (χ3n) is 2.04. The minimum absolute atomic E-state index is 0.0267. The fourth-order valence-electron chi connectivity index (χ4n) is 1.26. The molecule has 0 saturated carbocycles. The van der Waals surface area contributed by atoms with Crippen LogP contribution in [-0.4, -0.2) is 27.7 Å². The molecule has 0 bridgehead atoms. The van der Waals surface area contributed by atoms with Crippen molar-refractivity contribution in [1.82, 2.24) is 15.2 Å². The summed E-state index contributed by atoms with van der Waals surface area (Å²) in [4.78, 5) is 15.3. The fourth-order valence-corrected chi connectivity index (χ4v) is 1.26. The monoisotopic (exact) mass is 250 g/mol. The molecule has 0 atom stereocenters. The number of aromatic amines is 1. The van der Waals surface area contributed by atoms with E-state index in [1.807, 2.05) is 0 Å². The number of amides is 1. The molecule has 2 rings (SSSR count). The second-order valence-electron chi connectivity index (χ2n) is 3.51. The normalized spacial score (nSPS) is 10.1. The largest absolute Gasteiger partial charge is 0.481 e. The predicted octanol–water partition coefficient (Wildman–Crippen LogP) is 1.27. The Hall–Kier alpha value is -2.44. The molecule has 2 N–H and O–H groups in total. The zero-order chi connectivity index (χ0) is 13.0. The molecule has 0 spiro atoms. The van der Waals surface area contributed by atoms with Gasteiger partial charge in [-0.05, 0) is 19.1 Å². The van der Waals surface area contributed by atoms with Crippen molar-refractivity contribution in [2.24, 2.45) is 0 Å². The molecular formula is C11H11FN4O2. The Labute approximate surface area is 102 Å². The number of carbonyl (C=O) groups is 1. The maximum atomic E-state index is 13.2. The molecular weight excluding hydrogens is 239 g/mol. The number of aryl methyl sites for hydroxylation is 1. The molecule has 0 fully saturated rings. The van der Waals surface area contributed by atoms with Crippen LogP contribution >= 0.6 is 0 Å². The Balaban J connectivity index is 1.87. The molecule has 1 aromatic carbocycles. The van der Waals surface area contributed by atoms with Gasteiger partial charge in [-0.3, -0.25) is 15.2 Å². The molecule has 1 aromatic heterocycles. The number of hydrogen-bond donors (Lipinski definition) is 2. The number of hydrogen-bond acceptors (Lipinski definition) is 4. The summed E-state index contributed by atoms with van der Waals surface area (Å²) in [5.41, 5.74) is 0. The standard InChI is InChI=1S/C11H11FN4O2/c1-7-13-11(16-15-7)14-10(17)6-18-9-5-3-2-4-8(9)12/h2-5H,6H2,1H3,(H2,13,14,15,16,17). The van der Waals surface area contributed by atoms with E-state index in [1.165, 1.54) is 12.1 Å². The van der Waals surface area contributed by atoms with Gasteiger partial charge in [-0.1, -0.05) is 12.1 Å². The molecule has 2 aromatic rings. The van der Waals surface area contributed by atoms with Crippen molar-refractivity contribution < 1.29 is 13.9 Å². The second-order valence-corrected chi connectivity index (χ2v) is 3.51. The van der Waals surface area contributed by atoms with E-state index >= 15 is 0 Å². The number of aromatic nitrogens is 3. The Kier molecular flexibility index (Phi) is 3.52. The van der Waals surface area contributed by atoms with Crippen LogP contribution in [0.3, 0.4) is 0 Å². The summed E-state index contributed by atoms with van der Waals surface area (Å²) in [7, 11) is 0. The van der Waals surface area contributed by atoms with Crippen LogP contribution in [0.2, 0.25) is 0 Å². The van der Waals surface area contributed by atoms with Crippen molar-refractivity contribution in [1.29, 1.82) is 0 Å². The Morgan fingerprint density at radius 2 is 2.28 bits per heavy atom. The first-order valence-electron chi connectivity index (χ1n) is 5.21. The highest BCUT2D eigenvalue weighted by Gasteiger charge is 2.08. The van der Waals surface area contributed by atoms with E-state index in [9.17, 15) is 9.18 Å². The van der Waals surface area contributed by atoms with E-state index in [-0.39, 0.29) is 18.3 Å². The molecule has 0 aliphatic rings. The summed E-state index contributed by atoms with van der Waals surface area (Å²) in [5, 5.41) is 8.72. The summed E-state index contributed by atoms with van der Waals surface area (Å²) < 4.78 is 18.2. The topological polar surface area (TPSA) is 79.9 Å². The van der Waals surface area contributed by atoms with E-state index < -0.39 is 11.7 Å². The summed E-state index contributed by atoms with van der Waals surface area (Å²) in [6.45, 7) is 1.40. The molecule has 0 aliphatic carbocycles. The van der Waals surface area contributed by atoms with Crippen LogP contribution in [0.4, 0.5) is 10.3 Å². The van der Waals surface area contributed by atoms with E-state index in [4.69, 9.17) is 4.74 Å². The van der Waals surface area contributed by atoms with Crippen molar-refractivity contribution in [3.63, 3.8) is 0 Å². The van der Waals surface area contributed by atoms with Gasteiger partial charge in [0.05, 0.1) is 0 Å². The molecule has 18 heavy (non-hydrogen) atoms. The lowest BCUT2D eigenvalue weighted by atomic mass is 10.3. The lowest BCUT2D eigenvalue weighted by Gasteiger charge is -2.05. The van der Waals surface area contributed by atoms with Crippen molar-refractivity contribution in [3.8, 4) is 5.75 Å². The van der Waals surface area contributed by atoms with E-state index in [0.717, 1.165) is 0 Å². The lowest BCUT2D eigenvalue weighted by Crippen LogP contribution is -2.21. The number of halogens is 1. The van der Waals surface area contributed by atoms with Crippen LogP contribution in [0, 0.1) is 12.7 Å². The fraction of sp³-hybridized carbons (Fsp3) is 0.182. The van der Waals surface area contributed by atoms with Crippen LogP contribution in [0.15, 0.2) is 24.3 Å². The van der Waals surface area contributed by atoms with Gasteiger partial charge >= 0.3 is 0 Å². The first-order chi connectivity index (χ1) is 8.65.